The number of hydrogen-bond donors (Lipinski definition) is 1. The molecule has 0 aliphatic carbocycles. The number of hydrogen-bond acceptors (Lipinski definition) is 1. The largest absolute Gasteiger partial charge is 0.313 e. The third kappa shape index (κ3) is 4.19. The van der Waals surface area contributed by atoms with Crippen molar-refractivity contribution < 1.29 is 0 Å². The molecule has 54 valence electrons. The van der Waals surface area contributed by atoms with E-state index in [4.69, 9.17) is 5.41 Å². The Morgan fingerprint density at radius 2 is 1.89 bits per heavy atom. The molecule has 0 aromatic rings. The molecule has 0 heterocycles. The molecule has 0 aliphatic heterocycles. The maximum Gasteiger partial charge on any atom is -0.00476 e. The first kappa shape index (κ1) is 8.67. The van der Waals surface area contributed by atoms with E-state index in [1.54, 1.807) is 0 Å². The van der Waals surface area contributed by atoms with Crippen molar-refractivity contribution in [2.45, 2.75) is 39.5 Å². The molecule has 0 aliphatic rings. The van der Waals surface area contributed by atoms with Crippen LogP contribution in [0.5, 0.6) is 0 Å². The molecular formula is C8H17N. The van der Waals surface area contributed by atoms with Gasteiger partial charge < -0.3 is 5.41 Å². The summed E-state index contributed by atoms with van der Waals surface area (Å²) in [4.78, 5) is 0. The Kier molecular flexibility index (Phi) is 5.59. The standard InChI is InChI=1S/C8H17N/c1-3-8(4-2)6-5-7-9/h7-9H,3-6H2,1-2H3. The minimum absolute atomic E-state index is 0.853. The highest BCUT2D eigenvalue weighted by atomic mass is 14.3. The first-order valence-corrected chi connectivity index (χ1v) is 3.84. The van der Waals surface area contributed by atoms with Crippen molar-refractivity contribution in [3.05, 3.63) is 0 Å². The van der Waals surface area contributed by atoms with E-state index >= 15 is 0 Å². The van der Waals surface area contributed by atoms with Crippen LogP contribution in [0.1, 0.15) is 39.5 Å². The van der Waals surface area contributed by atoms with Crippen molar-refractivity contribution in [1.29, 1.82) is 5.41 Å². The van der Waals surface area contributed by atoms with E-state index in [1.165, 1.54) is 25.5 Å². The fourth-order valence-electron chi connectivity index (χ4n) is 1.02. The van der Waals surface area contributed by atoms with Gasteiger partial charge in [-0.25, -0.2) is 0 Å². The molecule has 0 saturated carbocycles. The van der Waals surface area contributed by atoms with Crippen molar-refractivity contribution in [3.63, 3.8) is 0 Å². The van der Waals surface area contributed by atoms with Gasteiger partial charge >= 0.3 is 0 Å². The van der Waals surface area contributed by atoms with Crippen molar-refractivity contribution >= 4 is 6.21 Å². The maximum atomic E-state index is 6.82. The highest BCUT2D eigenvalue weighted by Gasteiger charge is 1.99. The lowest BCUT2D eigenvalue weighted by atomic mass is 9.98. The molecule has 1 nitrogen and oxygen atoms in total. The monoisotopic (exact) mass is 127 g/mol. The summed E-state index contributed by atoms with van der Waals surface area (Å²) in [5.74, 6) is 0.853. The van der Waals surface area contributed by atoms with Gasteiger partial charge in [0.2, 0.25) is 0 Å². The Bertz CT molecular complexity index is 65.0. The second-order valence-corrected chi connectivity index (χ2v) is 2.46. The van der Waals surface area contributed by atoms with Crippen LogP contribution in [0.15, 0.2) is 0 Å². The van der Waals surface area contributed by atoms with Gasteiger partial charge in [0.25, 0.3) is 0 Å². The zero-order chi connectivity index (χ0) is 7.11. The van der Waals surface area contributed by atoms with E-state index in [-0.39, 0.29) is 0 Å². The quantitative estimate of drug-likeness (QED) is 0.549. The summed E-state index contributed by atoms with van der Waals surface area (Å²) in [7, 11) is 0. The average Bonchev–Trinajstić information content (AvgIpc) is 1.91. The summed E-state index contributed by atoms with van der Waals surface area (Å²) in [5, 5.41) is 6.82. The van der Waals surface area contributed by atoms with Gasteiger partial charge in [-0.1, -0.05) is 26.7 Å². The fraction of sp³-hybridized carbons (Fsp3) is 0.875. The van der Waals surface area contributed by atoms with E-state index in [0.717, 1.165) is 12.3 Å². The van der Waals surface area contributed by atoms with E-state index in [2.05, 4.69) is 13.8 Å². The smallest absolute Gasteiger partial charge is 0.00476 e. The van der Waals surface area contributed by atoms with Crippen molar-refractivity contribution in [2.24, 2.45) is 5.92 Å². The lowest BCUT2D eigenvalue weighted by Crippen LogP contribution is -1.95. The Balaban J connectivity index is 3.19. The second-order valence-electron chi connectivity index (χ2n) is 2.46. The first-order valence-electron chi connectivity index (χ1n) is 3.84. The van der Waals surface area contributed by atoms with Crippen LogP contribution in [-0.4, -0.2) is 6.21 Å². The molecule has 0 aromatic carbocycles. The van der Waals surface area contributed by atoms with E-state index in [9.17, 15) is 0 Å². The summed E-state index contributed by atoms with van der Waals surface area (Å²) in [5.41, 5.74) is 0. The van der Waals surface area contributed by atoms with Gasteiger partial charge in [-0.05, 0) is 25.0 Å². The first-order chi connectivity index (χ1) is 4.35. The summed E-state index contributed by atoms with van der Waals surface area (Å²) >= 11 is 0. The van der Waals surface area contributed by atoms with Gasteiger partial charge in [-0.2, -0.15) is 0 Å². The Morgan fingerprint density at radius 3 is 2.22 bits per heavy atom. The molecule has 0 bridgehead atoms. The predicted molar refractivity (Wildman–Crippen MR) is 42.1 cm³/mol. The van der Waals surface area contributed by atoms with Crippen molar-refractivity contribution in [1.82, 2.24) is 0 Å². The highest BCUT2D eigenvalue weighted by Crippen LogP contribution is 2.12. The summed E-state index contributed by atoms with van der Waals surface area (Å²) in [6, 6.07) is 0. The summed E-state index contributed by atoms with van der Waals surface area (Å²) < 4.78 is 0. The highest BCUT2D eigenvalue weighted by molar-refractivity contribution is 5.52. The van der Waals surface area contributed by atoms with Crippen LogP contribution in [-0.2, 0) is 0 Å². The van der Waals surface area contributed by atoms with Crippen LogP contribution in [0.4, 0.5) is 0 Å². The molecule has 1 heteroatoms. The zero-order valence-corrected chi connectivity index (χ0v) is 6.48. The molecule has 0 unspecified atom stereocenters. The van der Waals surface area contributed by atoms with Crippen LogP contribution in [0.2, 0.25) is 0 Å². The topological polar surface area (TPSA) is 23.9 Å². The molecule has 0 atom stereocenters. The minimum Gasteiger partial charge on any atom is -0.313 e. The number of nitrogens with one attached hydrogen (secondary N) is 1. The molecule has 1 N–H and O–H groups in total. The summed E-state index contributed by atoms with van der Waals surface area (Å²) in [6.45, 7) is 4.44. The Labute approximate surface area is 58.0 Å². The van der Waals surface area contributed by atoms with Crippen LogP contribution >= 0.6 is 0 Å². The zero-order valence-electron chi connectivity index (χ0n) is 6.48. The molecule has 0 saturated heterocycles. The van der Waals surface area contributed by atoms with Gasteiger partial charge in [0.1, 0.15) is 0 Å². The second kappa shape index (κ2) is 5.80. The molecule has 0 spiro atoms. The molecule has 0 amide bonds. The maximum absolute atomic E-state index is 6.82. The lowest BCUT2D eigenvalue weighted by molar-refractivity contribution is 0.466. The summed E-state index contributed by atoms with van der Waals surface area (Å²) in [6.07, 6.45) is 6.22. The third-order valence-electron chi connectivity index (χ3n) is 1.87. The normalized spacial score (nSPS) is 10.1. The molecule has 0 radical (unpaired) electrons. The Hall–Kier alpha value is -0.330. The van der Waals surface area contributed by atoms with E-state index in [1.807, 2.05) is 0 Å². The van der Waals surface area contributed by atoms with Crippen molar-refractivity contribution in [2.75, 3.05) is 0 Å². The molecule has 0 aromatic heterocycles. The fourth-order valence-corrected chi connectivity index (χ4v) is 1.02. The number of rotatable bonds is 5. The van der Waals surface area contributed by atoms with E-state index in [0.29, 0.717) is 0 Å². The van der Waals surface area contributed by atoms with Crippen LogP contribution in [0, 0.1) is 11.3 Å². The molecule has 0 fully saturated rings. The van der Waals surface area contributed by atoms with Crippen LogP contribution < -0.4 is 0 Å². The van der Waals surface area contributed by atoms with Gasteiger partial charge in [-0.3, -0.25) is 0 Å². The molecule has 0 rings (SSSR count). The third-order valence-corrected chi connectivity index (χ3v) is 1.87. The molecular weight excluding hydrogens is 110 g/mol. The van der Waals surface area contributed by atoms with Gasteiger partial charge in [0.15, 0.2) is 0 Å². The molecule has 9 heavy (non-hydrogen) atoms. The van der Waals surface area contributed by atoms with Gasteiger partial charge in [0, 0.05) is 0 Å². The lowest BCUT2D eigenvalue weighted by Gasteiger charge is -2.08. The average molecular weight is 127 g/mol. The van der Waals surface area contributed by atoms with E-state index < -0.39 is 0 Å². The SMILES string of the molecule is CCC(CC)CCC=N. The van der Waals surface area contributed by atoms with Gasteiger partial charge in [0.05, 0.1) is 0 Å². The van der Waals surface area contributed by atoms with Gasteiger partial charge in [-0.15, -0.1) is 0 Å². The van der Waals surface area contributed by atoms with Crippen molar-refractivity contribution in [3.8, 4) is 0 Å². The Morgan fingerprint density at radius 1 is 1.33 bits per heavy atom. The van der Waals surface area contributed by atoms with Crippen LogP contribution in [0.25, 0.3) is 0 Å². The predicted octanol–water partition coefficient (Wildman–Crippen LogP) is 2.85. The van der Waals surface area contributed by atoms with Crippen LogP contribution in [0.3, 0.4) is 0 Å². The minimum atomic E-state index is 0.853.